The van der Waals surface area contributed by atoms with Gasteiger partial charge < -0.3 is 4.57 Å². The molecule has 1 N–H and O–H groups in total. The molecule has 1 heterocycles. The smallest absolute Gasteiger partial charge is 0.244 e. The van der Waals surface area contributed by atoms with Crippen LogP contribution in [-0.2, 0) is 11.2 Å². The van der Waals surface area contributed by atoms with Gasteiger partial charge in [0.1, 0.15) is 0 Å². The summed E-state index contributed by atoms with van der Waals surface area (Å²) >= 11 is 5.69. The lowest BCUT2D eigenvalue weighted by Gasteiger charge is -2.09. The Morgan fingerprint density at radius 1 is 1.15 bits per heavy atom. The average Bonchev–Trinajstić information content (AvgIpc) is 2.92. The second-order valence-electron chi connectivity index (χ2n) is 6.23. The molecule has 0 fully saturated rings. The molecule has 138 valence electrons. The molecule has 2 aromatic carbocycles. The summed E-state index contributed by atoms with van der Waals surface area (Å²) in [5, 5.41) is 4.13. The first-order chi connectivity index (χ1) is 12.9. The van der Waals surface area contributed by atoms with E-state index in [1.54, 1.807) is 6.21 Å². The Morgan fingerprint density at radius 3 is 2.48 bits per heavy atom. The van der Waals surface area contributed by atoms with Crippen molar-refractivity contribution in [2.24, 2.45) is 5.10 Å². The Labute approximate surface area is 180 Å². The van der Waals surface area contributed by atoms with Crippen LogP contribution in [0.5, 0.6) is 0 Å². The van der Waals surface area contributed by atoms with Gasteiger partial charge in [0.05, 0.1) is 12.6 Å². The molecule has 1 aromatic heterocycles. The number of rotatable bonds is 5. The average molecular weight is 536 g/mol. The van der Waals surface area contributed by atoms with Gasteiger partial charge in [-0.15, -0.1) is 0 Å². The van der Waals surface area contributed by atoms with Gasteiger partial charge >= 0.3 is 0 Å². The third kappa shape index (κ3) is 5.07. The molecule has 0 spiro atoms. The second kappa shape index (κ2) is 8.84. The monoisotopic (exact) mass is 535 g/mol. The Hall–Kier alpha value is -1.93. The van der Waals surface area contributed by atoms with Crippen LogP contribution in [0.3, 0.4) is 0 Å². The lowest BCUT2D eigenvalue weighted by molar-refractivity contribution is -0.120. The number of hydrogen-bond donors (Lipinski definition) is 1. The van der Waals surface area contributed by atoms with E-state index in [0.29, 0.717) is 6.42 Å². The summed E-state index contributed by atoms with van der Waals surface area (Å²) in [5.41, 5.74) is 7.85. The first-order valence-corrected chi connectivity index (χ1v) is 10.3. The molecule has 0 aliphatic carbocycles. The van der Waals surface area contributed by atoms with Crippen molar-refractivity contribution in [3.05, 3.63) is 85.2 Å². The molecule has 27 heavy (non-hydrogen) atoms. The molecular weight excluding hydrogens is 517 g/mol. The SMILES string of the molecule is Cc1cc(/C=N\NC(=O)Cc2ccc(Br)cc2)c(C)n1-c1ccc(I)cc1. The van der Waals surface area contributed by atoms with Gasteiger partial charge in [-0.2, -0.15) is 5.10 Å². The number of halogens is 2. The summed E-state index contributed by atoms with van der Waals surface area (Å²) < 4.78 is 4.38. The van der Waals surface area contributed by atoms with Crippen molar-refractivity contribution in [3.8, 4) is 5.69 Å². The molecule has 3 rings (SSSR count). The van der Waals surface area contributed by atoms with Crippen molar-refractivity contribution in [2.45, 2.75) is 20.3 Å². The number of hydrogen-bond acceptors (Lipinski definition) is 2. The Kier molecular flexibility index (Phi) is 6.49. The van der Waals surface area contributed by atoms with Crippen molar-refractivity contribution in [1.82, 2.24) is 9.99 Å². The van der Waals surface area contributed by atoms with Crippen molar-refractivity contribution >= 4 is 50.6 Å². The predicted octanol–water partition coefficient (Wildman–Crippen LogP) is 5.15. The summed E-state index contributed by atoms with van der Waals surface area (Å²) in [7, 11) is 0. The van der Waals surface area contributed by atoms with Gasteiger partial charge in [-0.3, -0.25) is 4.79 Å². The van der Waals surface area contributed by atoms with E-state index in [-0.39, 0.29) is 5.91 Å². The number of carbonyl (C=O) groups is 1. The van der Waals surface area contributed by atoms with Crippen molar-refractivity contribution in [1.29, 1.82) is 0 Å². The zero-order valence-corrected chi connectivity index (χ0v) is 18.8. The van der Waals surface area contributed by atoms with Crippen LogP contribution in [0, 0.1) is 17.4 Å². The highest BCUT2D eigenvalue weighted by Gasteiger charge is 2.09. The fraction of sp³-hybridized carbons (Fsp3) is 0.143. The summed E-state index contributed by atoms with van der Waals surface area (Å²) in [6.07, 6.45) is 2.00. The number of aromatic nitrogens is 1. The van der Waals surface area contributed by atoms with Gasteiger partial charge in [-0.05, 0) is 84.5 Å². The maximum Gasteiger partial charge on any atom is 0.244 e. The summed E-state index contributed by atoms with van der Waals surface area (Å²) in [6, 6.07) is 18.1. The minimum atomic E-state index is -0.139. The van der Waals surface area contributed by atoms with Crippen LogP contribution in [0.15, 0.2) is 64.2 Å². The largest absolute Gasteiger partial charge is 0.318 e. The van der Waals surface area contributed by atoms with Crippen molar-refractivity contribution in [2.75, 3.05) is 0 Å². The lowest BCUT2D eigenvalue weighted by atomic mass is 10.1. The number of hydrazone groups is 1. The van der Waals surface area contributed by atoms with Crippen LogP contribution >= 0.6 is 38.5 Å². The van der Waals surface area contributed by atoms with E-state index in [9.17, 15) is 4.79 Å². The fourth-order valence-electron chi connectivity index (χ4n) is 2.91. The normalized spacial score (nSPS) is 11.1. The minimum absolute atomic E-state index is 0.139. The van der Waals surface area contributed by atoms with Crippen molar-refractivity contribution < 1.29 is 4.79 Å². The maximum absolute atomic E-state index is 12.1. The molecule has 1 amide bonds. The molecule has 0 unspecified atom stereocenters. The van der Waals surface area contributed by atoms with Gasteiger partial charge in [-0.1, -0.05) is 28.1 Å². The topological polar surface area (TPSA) is 46.4 Å². The summed E-state index contributed by atoms with van der Waals surface area (Å²) in [5.74, 6) is -0.139. The van der Waals surface area contributed by atoms with E-state index >= 15 is 0 Å². The molecule has 0 saturated carbocycles. The number of amides is 1. The second-order valence-corrected chi connectivity index (χ2v) is 8.40. The number of benzene rings is 2. The number of aryl methyl sites for hydroxylation is 1. The molecule has 0 radical (unpaired) electrons. The predicted molar refractivity (Wildman–Crippen MR) is 122 cm³/mol. The zero-order chi connectivity index (χ0) is 19.4. The van der Waals surface area contributed by atoms with E-state index in [4.69, 9.17) is 0 Å². The molecule has 0 saturated heterocycles. The minimum Gasteiger partial charge on any atom is -0.318 e. The quantitative estimate of drug-likeness (QED) is 0.274. The Balaban J connectivity index is 1.68. The standard InChI is InChI=1S/C21H19BrIN3O/c1-14-11-17(15(2)26(14)20-9-7-19(23)8-10-20)13-24-25-21(27)12-16-3-5-18(22)6-4-16/h3-11,13H,12H2,1-2H3,(H,25,27)/b24-13-. The summed E-state index contributed by atoms with van der Waals surface area (Å²) in [4.78, 5) is 12.1. The van der Waals surface area contributed by atoms with Crippen LogP contribution in [0.4, 0.5) is 0 Å². The first-order valence-electron chi connectivity index (χ1n) is 8.45. The van der Waals surface area contributed by atoms with E-state index in [0.717, 1.165) is 32.7 Å². The lowest BCUT2D eigenvalue weighted by Crippen LogP contribution is -2.19. The van der Waals surface area contributed by atoms with Crippen LogP contribution < -0.4 is 5.43 Å². The van der Waals surface area contributed by atoms with Crippen molar-refractivity contribution in [3.63, 3.8) is 0 Å². The fourth-order valence-corrected chi connectivity index (χ4v) is 3.53. The molecule has 0 bridgehead atoms. The highest BCUT2D eigenvalue weighted by molar-refractivity contribution is 14.1. The van der Waals surface area contributed by atoms with Gasteiger partial charge in [0, 0.05) is 30.7 Å². The van der Waals surface area contributed by atoms with Gasteiger partial charge in [0.25, 0.3) is 0 Å². The van der Waals surface area contributed by atoms with Crippen LogP contribution in [0.25, 0.3) is 5.69 Å². The van der Waals surface area contributed by atoms with Crippen LogP contribution in [-0.4, -0.2) is 16.7 Å². The third-order valence-electron chi connectivity index (χ3n) is 4.23. The maximum atomic E-state index is 12.1. The third-order valence-corrected chi connectivity index (χ3v) is 5.47. The van der Waals surface area contributed by atoms with E-state index in [2.05, 4.69) is 97.8 Å². The molecule has 0 aliphatic rings. The molecule has 4 nitrogen and oxygen atoms in total. The molecular formula is C21H19BrIN3O. The Morgan fingerprint density at radius 2 is 1.81 bits per heavy atom. The van der Waals surface area contributed by atoms with Crippen LogP contribution in [0.1, 0.15) is 22.5 Å². The van der Waals surface area contributed by atoms with Gasteiger partial charge in [0.2, 0.25) is 5.91 Å². The zero-order valence-electron chi connectivity index (χ0n) is 15.0. The Bertz CT molecular complexity index is 976. The molecule has 0 atom stereocenters. The highest BCUT2D eigenvalue weighted by atomic mass is 127. The van der Waals surface area contributed by atoms with E-state index in [1.807, 2.05) is 24.3 Å². The molecule has 6 heteroatoms. The first kappa shape index (κ1) is 19.8. The summed E-state index contributed by atoms with van der Waals surface area (Å²) in [6.45, 7) is 4.12. The number of nitrogens with zero attached hydrogens (tertiary/aromatic N) is 2. The highest BCUT2D eigenvalue weighted by Crippen LogP contribution is 2.20. The van der Waals surface area contributed by atoms with E-state index in [1.165, 1.54) is 3.57 Å². The van der Waals surface area contributed by atoms with Gasteiger partial charge in [-0.25, -0.2) is 5.43 Å². The molecule has 3 aromatic rings. The van der Waals surface area contributed by atoms with E-state index < -0.39 is 0 Å². The molecule has 0 aliphatic heterocycles. The van der Waals surface area contributed by atoms with Gasteiger partial charge in [0.15, 0.2) is 0 Å². The number of nitrogens with one attached hydrogen (secondary N) is 1. The number of carbonyl (C=O) groups excluding carboxylic acids is 1. The van der Waals surface area contributed by atoms with Crippen LogP contribution in [0.2, 0.25) is 0 Å².